The molecular formula is C11H16N4O2S. The molecule has 2 amide bonds. The topological polar surface area (TPSA) is 75.2 Å². The molecule has 7 heteroatoms. The highest BCUT2D eigenvalue weighted by Crippen LogP contribution is 2.21. The van der Waals surface area contributed by atoms with Crippen LogP contribution >= 0.6 is 11.3 Å². The summed E-state index contributed by atoms with van der Waals surface area (Å²) >= 11 is 1.19. The van der Waals surface area contributed by atoms with Gasteiger partial charge in [0, 0.05) is 13.1 Å². The second-order valence-corrected chi connectivity index (χ2v) is 5.69. The molecule has 18 heavy (non-hydrogen) atoms. The van der Waals surface area contributed by atoms with E-state index in [-0.39, 0.29) is 0 Å². The number of rotatable bonds is 1. The molecule has 0 spiro atoms. The molecule has 1 aliphatic rings. The Bertz CT molecular complexity index is 424. The Morgan fingerprint density at radius 1 is 1.39 bits per heavy atom. The minimum atomic E-state index is -0.631. The van der Waals surface area contributed by atoms with Gasteiger partial charge in [-0.05, 0) is 18.3 Å². The molecule has 2 atom stereocenters. The first-order valence-corrected chi connectivity index (χ1v) is 6.80. The number of carbonyl (C=O) groups excluding carboxylic acids is 2. The number of hydrogen-bond donors (Lipinski definition) is 1. The van der Waals surface area contributed by atoms with Gasteiger partial charge in [-0.3, -0.25) is 14.9 Å². The number of aromatic nitrogens is 2. The molecule has 98 valence electrons. The lowest BCUT2D eigenvalue weighted by atomic mass is 9.92. The maximum Gasteiger partial charge on any atom is 0.315 e. The minimum Gasteiger partial charge on any atom is -0.334 e. The maximum atomic E-state index is 12.0. The van der Waals surface area contributed by atoms with Gasteiger partial charge in [0.15, 0.2) is 0 Å². The molecule has 6 nitrogen and oxygen atoms in total. The third-order valence-corrected chi connectivity index (χ3v) is 3.54. The molecule has 0 aromatic carbocycles. The highest BCUT2D eigenvalue weighted by molar-refractivity contribution is 7.13. The van der Waals surface area contributed by atoms with Crippen LogP contribution in [-0.4, -0.2) is 40.0 Å². The van der Waals surface area contributed by atoms with Crippen molar-refractivity contribution >= 4 is 28.3 Å². The number of likely N-dealkylation sites (tertiary alicyclic amines) is 1. The lowest BCUT2D eigenvalue weighted by molar-refractivity contribution is -0.144. The lowest BCUT2D eigenvalue weighted by Crippen LogP contribution is -2.47. The van der Waals surface area contributed by atoms with Gasteiger partial charge in [-0.25, -0.2) is 0 Å². The average molecular weight is 268 g/mol. The van der Waals surface area contributed by atoms with Gasteiger partial charge >= 0.3 is 11.8 Å². The van der Waals surface area contributed by atoms with Crippen molar-refractivity contribution in [3.05, 3.63) is 5.51 Å². The average Bonchev–Trinajstić information content (AvgIpc) is 2.79. The van der Waals surface area contributed by atoms with Crippen LogP contribution < -0.4 is 5.32 Å². The van der Waals surface area contributed by atoms with Crippen molar-refractivity contribution in [1.29, 1.82) is 0 Å². The second kappa shape index (κ2) is 5.43. The largest absolute Gasteiger partial charge is 0.334 e. The summed E-state index contributed by atoms with van der Waals surface area (Å²) in [7, 11) is 0. The van der Waals surface area contributed by atoms with Crippen LogP contribution in [0.1, 0.15) is 20.3 Å². The third kappa shape index (κ3) is 3.04. The van der Waals surface area contributed by atoms with E-state index in [2.05, 4.69) is 29.4 Å². The van der Waals surface area contributed by atoms with E-state index >= 15 is 0 Å². The van der Waals surface area contributed by atoms with E-state index in [4.69, 9.17) is 0 Å². The van der Waals surface area contributed by atoms with Crippen LogP contribution in [0.4, 0.5) is 5.13 Å². The van der Waals surface area contributed by atoms with E-state index in [1.165, 1.54) is 16.8 Å². The van der Waals surface area contributed by atoms with Crippen molar-refractivity contribution in [2.75, 3.05) is 18.4 Å². The van der Waals surface area contributed by atoms with Crippen molar-refractivity contribution in [3.8, 4) is 0 Å². The standard InChI is InChI=1S/C11H16N4O2S/c1-7-3-8(2)5-15(4-7)10(17)9(16)13-11-14-12-6-18-11/h6-8H,3-5H2,1-2H3,(H,13,14,16). The third-order valence-electron chi connectivity index (χ3n) is 2.93. The van der Waals surface area contributed by atoms with E-state index in [0.29, 0.717) is 30.1 Å². The van der Waals surface area contributed by atoms with E-state index in [0.717, 1.165) is 6.42 Å². The van der Waals surface area contributed by atoms with Crippen molar-refractivity contribution in [3.63, 3.8) is 0 Å². The fourth-order valence-corrected chi connectivity index (χ4v) is 2.79. The summed E-state index contributed by atoms with van der Waals surface area (Å²) in [4.78, 5) is 25.4. The van der Waals surface area contributed by atoms with Gasteiger partial charge in [-0.1, -0.05) is 25.2 Å². The summed E-state index contributed by atoms with van der Waals surface area (Å²) in [6, 6.07) is 0. The van der Waals surface area contributed by atoms with Gasteiger partial charge in [-0.15, -0.1) is 10.2 Å². The number of nitrogens with zero attached hydrogens (tertiary/aromatic N) is 3. The Balaban J connectivity index is 1.96. The van der Waals surface area contributed by atoms with Crippen LogP contribution in [0.15, 0.2) is 5.51 Å². The number of anilines is 1. The van der Waals surface area contributed by atoms with Crippen molar-refractivity contribution in [1.82, 2.24) is 15.1 Å². The SMILES string of the molecule is CC1CC(C)CN(C(=O)C(=O)Nc2nncs2)C1. The maximum absolute atomic E-state index is 12.0. The molecule has 2 heterocycles. The summed E-state index contributed by atoms with van der Waals surface area (Å²) in [6.07, 6.45) is 1.10. The molecule has 0 saturated carbocycles. The minimum absolute atomic E-state index is 0.353. The lowest BCUT2D eigenvalue weighted by Gasteiger charge is -2.34. The predicted octanol–water partition coefficient (Wildman–Crippen LogP) is 0.981. The molecule has 0 aliphatic carbocycles. The summed E-state index contributed by atoms with van der Waals surface area (Å²) in [5, 5.41) is 10.1. The monoisotopic (exact) mass is 268 g/mol. The molecule has 0 radical (unpaired) electrons. The van der Waals surface area contributed by atoms with Gasteiger partial charge < -0.3 is 4.90 Å². The van der Waals surface area contributed by atoms with Crippen molar-refractivity contribution in [2.45, 2.75) is 20.3 Å². The highest BCUT2D eigenvalue weighted by Gasteiger charge is 2.29. The zero-order chi connectivity index (χ0) is 13.1. The van der Waals surface area contributed by atoms with Crippen molar-refractivity contribution in [2.24, 2.45) is 11.8 Å². The van der Waals surface area contributed by atoms with Crippen LogP contribution in [-0.2, 0) is 9.59 Å². The number of carbonyl (C=O) groups is 2. The first kappa shape index (κ1) is 12.9. The summed E-state index contributed by atoms with van der Waals surface area (Å²) in [6.45, 7) is 5.48. The molecule has 2 rings (SSSR count). The molecule has 1 saturated heterocycles. The first-order chi connectivity index (χ1) is 8.56. The van der Waals surface area contributed by atoms with Crippen LogP contribution in [0, 0.1) is 11.8 Å². The van der Waals surface area contributed by atoms with Crippen LogP contribution in [0.25, 0.3) is 0 Å². The van der Waals surface area contributed by atoms with Crippen LogP contribution in [0.5, 0.6) is 0 Å². The zero-order valence-electron chi connectivity index (χ0n) is 10.4. The molecule has 2 unspecified atom stereocenters. The molecule has 1 aromatic heterocycles. The van der Waals surface area contributed by atoms with Gasteiger partial charge in [0.25, 0.3) is 0 Å². The zero-order valence-corrected chi connectivity index (χ0v) is 11.2. The fraction of sp³-hybridized carbons (Fsp3) is 0.636. The Morgan fingerprint density at radius 3 is 2.61 bits per heavy atom. The quantitative estimate of drug-likeness (QED) is 0.770. The van der Waals surface area contributed by atoms with E-state index in [1.807, 2.05) is 0 Å². The Kier molecular flexibility index (Phi) is 3.90. The van der Waals surface area contributed by atoms with Gasteiger partial charge in [0.2, 0.25) is 5.13 Å². The number of piperidine rings is 1. The molecule has 1 aliphatic heterocycles. The number of amides is 2. The van der Waals surface area contributed by atoms with Gasteiger partial charge in [0.1, 0.15) is 5.51 Å². The number of hydrogen-bond acceptors (Lipinski definition) is 5. The van der Waals surface area contributed by atoms with Crippen molar-refractivity contribution < 1.29 is 9.59 Å². The van der Waals surface area contributed by atoms with E-state index in [9.17, 15) is 9.59 Å². The molecular weight excluding hydrogens is 252 g/mol. The molecule has 1 N–H and O–H groups in total. The van der Waals surface area contributed by atoms with E-state index < -0.39 is 11.8 Å². The van der Waals surface area contributed by atoms with E-state index in [1.54, 1.807) is 4.90 Å². The second-order valence-electron chi connectivity index (χ2n) is 4.85. The normalized spacial score (nSPS) is 23.8. The summed E-state index contributed by atoms with van der Waals surface area (Å²) in [5.41, 5.74) is 1.51. The van der Waals surface area contributed by atoms with Crippen LogP contribution in [0.2, 0.25) is 0 Å². The first-order valence-electron chi connectivity index (χ1n) is 5.92. The molecule has 1 aromatic rings. The Morgan fingerprint density at radius 2 is 2.06 bits per heavy atom. The predicted molar refractivity (Wildman–Crippen MR) is 68.1 cm³/mol. The fourth-order valence-electron chi connectivity index (χ4n) is 2.35. The highest BCUT2D eigenvalue weighted by atomic mass is 32.1. The van der Waals surface area contributed by atoms with Gasteiger partial charge in [-0.2, -0.15) is 0 Å². The molecule has 1 fully saturated rings. The molecule has 0 bridgehead atoms. The van der Waals surface area contributed by atoms with Gasteiger partial charge in [0.05, 0.1) is 0 Å². The smallest absolute Gasteiger partial charge is 0.315 e. The van der Waals surface area contributed by atoms with Crippen LogP contribution in [0.3, 0.4) is 0 Å². The Hall–Kier alpha value is -1.50. The Labute approximate surface area is 109 Å². The summed E-state index contributed by atoms with van der Waals surface area (Å²) < 4.78 is 0. The summed E-state index contributed by atoms with van der Waals surface area (Å²) in [5.74, 6) is -0.240. The number of nitrogens with one attached hydrogen (secondary N) is 1.